The molecule has 2 aromatic rings. The van der Waals surface area contributed by atoms with Crippen molar-refractivity contribution in [2.75, 3.05) is 12.4 Å². The molecule has 2 aromatic carbocycles. The van der Waals surface area contributed by atoms with Crippen LogP contribution in [0.5, 0.6) is 5.75 Å². The van der Waals surface area contributed by atoms with Gasteiger partial charge in [-0.2, -0.15) is 0 Å². The van der Waals surface area contributed by atoms with Crippen LogP contribution >= 0.6 is 0 Å². The minimum atomic E-state index is -3.57. The van der Waals surface area contributed by atoms with Crippen molar-refractivity contribution in [3.05, 3.63) is 59.2 Å². The Morgan fingerprint density at radius 2 is 1.83 bits per heavy atom. The van der Waals surface area contributed by atoms with Crippen LogP contribution in [0.25, 0.3) is 0 Å². The van der Waals surface area contributed by atoms with Gasteiger partial charge in [-0.05, 0) is 42.3 Å². The Hall–Kier alpha value is -2.38. The van der Waals surface area contributed by atoms with Crippen LogP contribution in [0.2, 0.25) is 0 Å². The summed E-state index contributed by atoms with van der Waals surface area (Å²) in [5, 5.41) is 7.74. The molecule has 0 radical (unpaired) electrons. The zero-order valence-electron chi connectivity index (χ0n) is 12.9. The summed E-state index contributed by atoms with van der Waals surface area (Å²) in [5.41, 5.74) is 2.53. The predicted octanol–water partition coefficient (Wildman–Crippen LogP) is 2.04. The summed E-state index contributed by atoms with van der Waals surface area (Å²) in [6, 6.07) is 11.7. The maximum absolute atomic E-state index is 12.2. The van der Waals surface area contributed by atoms with Crippen molar-refractivity contribution in [3.63, 3.8) is 0 Å². The SMILES string of the molecule is COc1cc(C(=O)Nc2ccc(CS(N)(=O)=O)cc2)ccc1C. The van der Waals surface area contributed by atoms with E-state index in [9.17, 15) is 13.2 Å². The number of methoxy groups -OCH3 is 1. The third kappa shape index (κ3) is 4.80. The number of anilines is 1. The number of nitrogens with one attached hydrogen (secondary N) is 1. The molecule has 3 N–H and O–H groups in total. The van der Waals surface area contributed by atoms with Crippen LogP contribution in [0.3, 0.4) is 0 Å². The maximum Gasteiger partial charge on any atom is 0.255 e. The van der Waals surface area contributed by atoms with Crippen molar-refractivity contribution in [2.24, 2.45) is 5.14 Å². The topological polar surface area (TPSA) is 98.5 Å². The van der Waals surface area contributed by atoms with Gasteiger partial charge in [-0.1, -0.05) is 18.2 Å². The second-order valence-corrected chi connectivity index (χ2v) is 6.76. The van der Waals surface area contributed by atoms with Gasteiger partial charge in [0, 0.05) is 11.3 Å². The van der Waals surface area contributed by atoms with Crippen LogP contribution in [-0.4, -0.2) is 21.4 Å². The fourth-order valence-electron chi connectivity index (χ4n) is 2.08. The van der Waals surface area contributed by atoms with Gasteiger partial charge in [-0.15, -0.1) is 0 Å². The fourth-order valence-corrected chi connectivity index (χ4v) is 2.74. The molecule has 0 aliphatic heterocycles. The van der Waals surface area contributed by atoms with E-state index in [4.69, 9.17) is 9.88 Å². The highest BCUT2D eigenvalue weighted by Gasteiger charge is 2.10. The van der Waals surface area contributed by atoms with Gasteiger partial charge in [0.05, 0.1) is 12.9 Å². The first-order chi connectivity index (χ1) is 10.8. The van der Waals surface area contributed by atoms with E-state index in [1.807, 2.05) is 13.0 Å². The second-order valence-electron chi connectivity index (χ2n) is 5.14. The Morgan fingerprint density at radius 1 is 1.17 bits per heavy atom. The molecule has 122 valence electrons. The summed E-state index contributed by atoms with van der Waals surface area (Å²) in [5.74, 6) is 0.125. The number of sulfonamides is 1. The van der Waals surface area contributed by atoms with Gasteiger partial charge < -0.3 is 10.1 Å². The first-order valence-electron chi connectivity index (χ1n) is 6.84. The zero-order valence-corrected chi connectivity index (χ0v) is 13.7. The molecular formula is C16H18N2O4S. The summed E-state index contributed by atoms with van der Waals surface area (Å²) in [4.78, 5) is 12.2. The molecule has 0 heterocycles. The van der Waals surface area contributed by atoms with Crippen LogP contribution in [0.1, 0.15) is 21.5 Å². The van der Waals surface area contributed by atoms with Crippen molar-refractivity contribution in [1.29, 1.82) is 0 Å². The number of hydrogen-bond donors (Lipinski definition) is 2. The second kappa shape index (κ2) is 6.80. The number of rotatable bonds is 5. The van der Waals surface area contributed by atoms with E-state index in [0.717, 1.165) is 5.56 Å². The Balaban J connectivity index is 2.11. The molecule has 0 unspecified atom stereocenters. The highest BCUT2D eigenvalue weighted by Crippen LogP contribution is 2.20. The van der Waals surface area contributed by atoms with Crippen LogP contribution in [-0.2, 0) is 15.8 Å². The Morgan fingerprint density at radius 3 is 2.39 bits per heavy atom. The quantitative estimate of drug-likeness (QED) is 0.874. The summed E-state index contributed by atoms with van der Waals surface area (Å²) >= 11 is 0. The summed E-state index contributed by atoms with van der Waals surface area (Å²) in [6.45, 7) is 1.89. The van der Waals surface area contributed by atoms with Crippen molar-refractivity contribution in [1.82, 2.24) is 0 Å². The van der Waals surface area contributed by atoms with Gasteiger partial charge in [0.2, 0.25) is 10.0 Å². The van der Waals surface area contributed by atoms with Gasteiger partial charge in [-0.3, -0.25) is 4.79 Å². The number of primary sulfonamides is 1. The molecule has 2 rings (SSSR count). The van der Waals surface area contributed by atoms with E-state index in [0.29, 0.717) is 22.6 Å². The zero-order chi connectivity index (χ0) is 17.0. The molecule has 1 amide bonds. The van der Waals surface area contributed by atoms with E-state index >= 15 is 0 Å². The molecule has 0 aliphatic carbocycles. The van der Waals surface area contributed by atoms with Crippen LogP contribution in [0.15, 0.2) is 42.5 Å². The maximum atomic E-state index is 12.2. The summed E-state index contributed by atoms with van der Waals surface area (Å²) < 4.78 is 27.3. The molecule has 6 nitrogen and oxygen atoms in total. The van der Waals surface area contributed by atoms with Crippen LogP contribution in [0, 0.1) is 6.92 Å². The lowest BCUT2D eigenvalue weighted by molar-refractivity contribution is 0.102. The van der Waals surface area contributed by atoms with Crippen molar-refractivity contribution in [3.8, 4) is 5.75 Å². The lowest BCUT2D eigenvalue weighted by Gasteiger charge is -2.09. The highest BCUT2D eigenvalue weighted by molar-refractivity contribution is 7.88. The van der Waals surface area contributed by atoms with E-state index in [1.54, 1.807) is 43.5 Å². The molecule has 0 spiro atoms. The van der Waals surface area contributed by atoms with Gasteiger partial charge in [0.15, 0.2) is 0 Å². The molecule has 0 aliphatic rings. The lowest BCUT2D eigenvalue weighted by Crippen LogP contribution is -2.15. The molecule has 23 heavy (non-hydrogen) atoms. The molecule has 0 fully saturated rings. The van der Waals surface area contributed by atoms with Gasteiger partial charge >= 0.3 is 0 Å². The number of nitrogens with two attached hydrogens (primary N) is 1. The lowest BCUT2D eigenvalue weighted by atomic mass is 10.1. The van der Waals surface area contributed by atoms with Crippen LogP contribution in [0.4, 0.5) is 5.69 Å². The number of aryl methyl sites for hydroxylation is 1. The monoisotopic (exact) mass is 334 g/mol. The number of carbonyl (C=O) groups is 1. The molecule has 0 aromatic heterocycles. The number of amides is 1. The Bertz CT molecular complexity index is 814. The molecule has 0 saturated heterocycles. The molecule has 0 saturated carbocycles. The van der Waals surface area contributed by atoms with Crippen LogP contribution < -0.4 is 15.2 Å². The van der Waals surface area contributed by atoms with Gasteiger partial charge in [0.25, 0.3) is 5.91 Å². The third-order valence-corrected chi connectivity index (χ3v) is 3.99. The van der Waals surface area contributed by atoms with E-state index in [2.05, 4.69) is 5.32 Å². The number of benzene rings is 2. The highest BCUT2D eigenvalue weighted by atomic mass is 32.2. The van der Waals surface area contributed by atoms with Crippen molar-refractivity contribution in [2.45, 2.75) is 12.7 Å². The first kappa shape index (κ1) is 17.0. The Kier molecular flexibility index (Phi) is 5.02. The summed E-state index contributed by atoms with van der Waals surface area (Å²) in [6.07, 6.45) is 0. The minimum absolute atomic E-state index is 0.240. The predicted molar refractivity (Wildman–Crippen MR) is 88.9 cm³/mol. The van der Waals surface area contributed by atoms with Crippen molar-refractivity contribution < 1.29 is 17.9 Å². The number of carbonyl (C=O) groups excluding carboxylic acids is 1. The fraction of sp³-hybridized carbons (Fsp3) is 0.188. The molecule has 7 heteroatoms. The smallest absolute Gasteiger partial charge is 0.255 e. The van der Waals surface area contributed by atoms with Gasteiger partial charge in [-0.25, -0.2) is 13.6 Å². The average molecular weight is 334 g/mol. The van der Waals surface area contributed by atoms with E-state index in [1.165, 1.54) is 0 Å². The third-order valence-electron chi connectivity index (χ3n) is 3.25. The minimum Gasteiger partial charge on any atom is -0.496 e. The van der Waals surface area contributed by atoms with Gasteiger partial charge in [0.1, 0.15) is 5.75 Å². The number of ether oxygens (including phenoxy) is 1. The Labute approximate surface area is 135 Å². The van der Waals surface area contributed by atoms with Crippen molar-refractivity contribution >= 4 is 21.6 Å². The first-order valence-corrected chi connectivity index (χ1v) is 8.55. The molecule has 0 bridgehead atoms. The van der Waals surface area contributed by atoms with E-state index < -0.39 is 10.0 Å². The molecule has 0 atom stereocenters. The van der Waals surface area contributed by atoms with E-state index in [-0.39, 0.29) is 11.7 Å². The standard InChI is InChI=1S/C16H18N2O4S/c1-11-3-6-13(9-15(11)22-2)16(19)18-14-7-4-12(5-8-14)10-23(17,20)21/h3-9H,10H2,1-2H3,(H,18,19)(H2,17,20,21). The number of hydrogen-bond acceptors (Lipinski definition) is 4. The average Bonchev–Trinajstić information content (AvgIpc) is 2.48. The normalized spacial score (nSPS) is 11.1. The largest absolute Gasteiger partial charge is 0.496 e. The molecular weight excluding hydrogens is 316 g/mol. The summed E-state index contributed by atoms with van der Waals surface area (Å²) in [7, 11) is -2.02.